The fraction of sp³-hybridized carbons (Fsp3) is 0.462. The summed E-state index contributed by atoms with van der Waals surface area (Å²) < 4.78 is 81.4. The van der Waals surface area contributed by atoms with Crippen molar-refractivity contribution in [1.29, 1.82) is 0 Å². The summed E-state index contributed by atoms with van der Waals surface area (Å²) in [6.07, 6.45) is -11.2. The van der Waals surface area contributed by atoms with Gasteiger partial charge < -0.3 is 4.74 Å². The minimum absolute atomic E-state index is 0.110. The molecule has 124 valence electrons. The third-order valence-electron chi connectivity index (χ3n) is 2.53. The lowest BCUT2D eigenvalue weighted by Crippen LogP contribution is -2.47. The molecule has 0 aliphatic heterocycles. The van der Waals surface area contributed by atoms with Crippen molar-refractivity contribution < 1.29 is 35.9 Å². The second kappa shape index (κ2) is 7.26. The molecule has 0 bridgehead atoms. The van der Waals surface area contributed by atoms with Crippen LogP contribution in [0.1, 0.15) is 6.92 Å². The molecule has 0 aliphatic carbocycles. The quantitative estimate of drug-likeness (QED) is 0.448. The van der Waals surface area contributed by atoms with Crippen molar-refractivity contribution in [2.75, 3.05) is 6.61 Å². The Kier molecular flexibility index (Phi) is 6.16. The summed E-state index contributed by atoms with van der Waals surface area (Å²) >= 11 is 0.184. The number of benzene rings is 1. The van der Waals surface area contributed by atoms with Gasteiger partial charge in [0.25, 0.3) is 0 Å². The number of hydrogen-bond acceptors (Lipinski definition) is 3. The number of thioether (sulfide) groups is 1. The monoisotopic (exact) mass is 346 g/mol. The van der Waals surface area contributed by atoms with E-state index in [1.54, 1.807) is 6.07 Å². The van der Waals surface area contributed by atoms with Gasteiger partial charge in [0.2, 0.25) is 0 Å². The predicted molar refractivity (Wildman–Crippen MR) is 68.3 cm³/mol. The van der Waals surface area contributed by atoms with Gasteiger partial charge in [-0.1, -0.05) is 18.2 Å². The lowest BCUT2D eigenvalue weighted by Gasteiger charge is -2.28. The van der Waals surface area contributed by atoms with Gasteiger partial charge >= 0.3 is 18.3 Å². The molecule has 0 spiro atoms. The van der Waals surface area contributed by atoms with Crippen molar-refractivity contribution >= 4 is 17.7 Å². The molecule has 0 amide bonds. The summed E-state index contributed by atoms with van der Waals surface area (Å²) in [5.41, 5.74) is 0. The van der Waals surface area contributed by atoms with Gasteiger partial charge in [-0.25, -0.2) is 0 Å². The summed E-state index contributed by atoms with van der Waals surface area (Å²) in [4.78, 5) is 11.7. The zero-order valence-corrected chi connectivity index (χ0v) is 12.1. The smallest absolute Gasteiger partial charge is 0.402 e. The van der Waals surface area contributed by atoms with Crippen LogP contribution in [0.3, 0.4) is 0 Å². The zero-order chi connectivity index (χ0) is 17.0. The maximum absolute atomic E-state index is 12.8. The Morgan fingerprint density at radius 2 is 1.59 bits per heavy atom. The molecule has 1 atom stereocenters. The van der Waals surface area contributed by atoms with Crippen LogP contribution in [0.15, 0.2) is 35.2 Å². The first-order valence-corrected chi connectivity index (χ1v) is 6.97. The third kappa shape index (κ3) is 5.11. The summed E-state index contributed by atoms with van der Waals surface area (Å²) in [5, 5.41) is -2.46. The Balaban J connectivity index is 3.19. The molecule has 1 rings (SSSR count). The van der Waals surface area contributed by atoms with Crippen LogP contribution in [0.2, 0.25) is 0 Å². The average molecular weight is 346 g/mol. The van der Waals surface area contributed by atoms with E-state index < -0.39 is 29.5 Å². The van der Waals surface area contributed by atoms with Gasteiger partial charge in [0.1, 0.15) is 5.25 Å². The first kappa shape index (κ1) is 18.7. The summed E-state index contributed by atoms with van der Waals surface area (Å²) in [5.74, 6) is -5.35. The van der Waals surface area contributed by atoms with Crippen LogP contribution >= 0.6 is 11.8 Å². The van der Waals surface area contributed by atoms with Crippen molar-refractivity contribution in [3.63, 3.8) is 0 Å². The van der Waals surface area contributed by atoms with Gasteiger partial charge in [-0.15, -0.1) is 11.8 Å². The molecule has 0 radical (unpaired) electrons. The van der Waals surface area contributed by atoms with Gasteiger partial charge in [-0.2, -0.15) is 26.3 Å². The number of esters is 1. The Labute approximate surface area is 126 Å². The van der Waals surface area contributed by atoms with Crippen LogP contribution in [0.5, 0.6) is 0 Å². The average Bonchev–Trinajstić information content (AvgIpc) is 2.36. The number of alkyl halides is 6. The summed E-state index contributed by atoms with van der Waals surface area (Å²) in [6, 6.07) is 7.08. The van der Waals surface area contributed by atoms with Crippen LogP contribution < -0.4 is 0 Å². The molecule has 0 aliphatic rings. The fourth-order valence-corrected chi connectivity index (χ4v) is 2.87. The predicted octanol–water partition coefficient (Wildman–Crippen LogP) is 4.45. The molecule has 0 fully saturated rings. The number of hydrogen-bond donors (Lipinski definition) is 0. The molecule has 22 heavy (non-hydrogen) atoms. The highest BCUT2D eigenvalue weighted by molar-refractivity contribution is 8.00. The molecule has 0 saturated heterocycles. The Bertz CT molecular complexity index is 472. The highest BCUT2D eigenvalue weighted by Crippen LogP contribution is 2.46. The van der Waals surface area contributed by atoms with Gasteiger partial charge in [0.15, 0.2) is 5.92 Å². The third-order valence-corrected chi connectivity index (χ3v) is 3.80. The van der Waals surface area contributed by atoms with Crippen molar-refractivity contribution in [2.45, 2.75) is 29.4 Å². The first-order valence-electron chi connectivity index (χ1n) is 6.09. The minimum atomic E-state index is -5.61. The van der Waals surface area contributed by atoms with E-state index in [0.717, 1.165) is 0 Å². The van der Waals surface area contributed by atoms with Crippen molar-refractivity contribution in [2.24, 2.45) is 5.92 Å². The lowest BCUT2D eigenvalue weighted by molar-refractivity contribution is -0.283. The molecular weight excluding hydrogens is 334 g/mol. The lowest BCUT2D eigenvalue weighted by atomic mass is 10.0. The zero-order valence-electron chi connectivity index (χ0n) is 11.2. The van der Waals surface area contributed by atoms with Crippen LogP contribution in [-0.2, 0) is 9.53 Å². The Morgan fingerprint density at radius 1 is 1.09 bits per heavy atom. The second-order valence-corrected chi connectivity index (χ2v) is 5.38. The Morgan fingerprint density at radius 3 is 2.00 bits per heavy atom. The van der Waals surface area contributed by atoms with Gasteiger partial charge in [-0.3, -0.25) is 4.79 Å². The van der Waals surface area contributed by atoms with Gasteiger partial charge in [-0.05, 0) is 19.1 Å². The van der Waals surface area contributed by atoms with E-state index in [2.05, 4.69) is 4.74 Å². The van der Waals surface area contributed by atoms with Crippen LogP contribution in [0, 0.1) is 5.92 Å². The largest absolute Gasteiger partial charge is 0.465 e. The van der Waals surface area contributed by atoms with E-state index >= 15 is 0 Å². The maximum Gasteiger partial charge on any atom is 0.402 e. The molecule has 0 aromatic heterocycles. The number of carbonyl (C=O) groups is 1. The molecule has 9 heteroatoms. The molecule has 1 unspecified atom stereocenters. The summed E-state index contributed by atoms with van der Waals surface area (Å²) in [7, 11) is 0. The van der Waals surface area contributed by atoms with E-state index in [-0.39, 0.29) is 23.3 Å². The molecule has 1 aromatic carbocycles. The minimum Gasteiger partial charge on any atom is -0.465 e. The van der Waals surface area contributed by atoms with Crippen molar-refractivity contribution in [1.82, 2.24) is 0 Å². The van der Waals surface area contributed by atoms with E-state index in [0.29, 0.717) is 0 Å². The number of carbonyl (C=O) groups excluding carboxylic acids is 1. The van der Waals surface area contributed by atoms with E-state index in [1.165, 1.54) is 31.2 Å². The van der Waals surface area contributed by atoms with Crippen LogP contribution in [0.4, 0.5) is 26.3 Å². The molecule has 0 N–H and O–H groups in total. The van der Waals surface area contributed by atoms with E-state index in [1.807, 2.05) is 0 Å². The fourth-order valence-electron chi connectivity index (χ4n) is 1.65. The van der Waals surface area contributed by atoms with Gasteiger partial charge in [0, 0.05) is 4.90 Å². The van der Waals surface area contributed by atoms with Crippen LogP contribution in [0.25, 0.3) is 0 Å². The standard InChI is InChI=1S/C13H12F6O2S/c1-2-21-11(20)9(22-8-6-4-3-5-7-8)10(12(14,15)16)13(17,18)19/h3-7,9-10H,2H2,1H3. The Hall–Kier alpha value is -1.38. The molecule has 1 aromatic rings. The highest BCUT2D eigenvalue weighted by atomic mass is 32.2. The van der Waals surface area contributed by atoms with E-state index in [4.69, 9.17) is 0 Å². The SMILES string of the molecule is CCOC(=O)C(Sc1ccccc1)C(C(F)(F)F)C(F)(F)F. The molecule has 0 heterocycles. The van der Waals surface area contributed by atoms with Crippen molar-refractivity contribution in [3.8, 4) is 0 Å². The summed E-state index contributed by atoms with van der Waals surface area (Å²) in [6.45, 7) is 0.992. The first-order chi connectivity index (χ1) is 10.1. The second-order valence-electron chi connectivity index (χ2n) is 4.16. The number of halogens is 6. The number of rotatable bonds is 5. The molecule has 0 saturated carbocycles. The van der Waals surface area contributed by atoms with Gasteiger partial charge in [0.05, 0.1) is 6.61 Å². The molecular formula is C13H12F6O2S. The van der Waals surface area contributed by atoms with Crippen LogP contribution in [-0.4, -0.2) is 30.2 Å². The molecule has 2 nitrogen and oxygen atoms in total. The number of ether oxygens (including phenoxy) is 1. The topological polar surface area (TPSA) is 26.3 Å². The van der Waals surface area contributed by atoms with Crippen molar-refractivity contribution in [3.05, 3.63) is 30.3 Å². The normalized spacial score (nSPS) is 14.0. The maximum atomic E-state index is 12.8. The highest BCUT2D eigenvalue weighted by Gasteiger charge is 2.62. The van der Waals surface area contributed by atoms with E-state index in [9.17, 15) is 31.1 Å².